The van der Waals surface area contributed by atoms with Crippen molar-refractivity contribution in [3.8, 4) is 11.1 Å². The summed E-state index contributed by atoms with van der Waals surface area (Å²) in [5.74, 6) is -2.88. The Morgan fingerprint density at radius 2 is 1.77 bits per heavy atom. The van der Waals surface area contributed by atoms with E-state index in [1.807, 2.05) is 0 Å². The summed E-state index contributed by atoms with van der Waals surface area (Å²) in [4.78, 5) is 11.0. The highest BCUT2D eigenvalue weighted by Gasteiger charge is 2.32. The molecule has 2 atom stereocenters. The number of hydrogen-bond donors (Lipinski definition) is 2. The molecule has 0 bridgehead atoms. The van der Waals surface area contributed by atoms with Crippen LogP contribution in [0.5, 0.6) is 0 Å². The third-order valence-corrected chi connectivity index (χ3v) is 6.05. The van der Waals surface area contributed by atoms with E-state index in [9.17, 15) is 22.0 Å². The van der Waals surface area contributed by atoms with Gasteiger partial charge in [0.1, 0.15) is 11.6 Å². The summed E-state index contributed by atoms with van der Waals surface area (Å²) in [6.45, 7) is 0. The van der Waals surface area contributed by atoms with Gasteiger partial charge in [0.25, 0.3) is 0 Å². The Bertz CT molecular complexity index is 929. The Kier molecular flexibility index (Phi) is 5.06. The van der Waals surface area contributed by atoms with Gasteiger partial charge in [-0.05, 0) is 49.1 Å². The fraction of sp³-hybridized carbons (Fsp3) is 0.278. The quantitative estimate of drug-likeness (QED) is 0.833. The summed E-state index contributed by atoms with van der Waals surface area (Å²) >= 11 is 0. The molecule has 26 heavy (non-hydrogen) atoms. The van der Waals surface area contributed by atoms with Gasteiger partial charge >= 0.3 is 5.97 Å². The molecule has 138 valence electrons. The number of rotatable bonds is 5. The SMILES string of the molecule is O=C(O)C1CCC(NS(=O)(=O)c2ccc(-c3ccc(F)cc3F)cc2)C1. The highest BCUT2D eigenvalue weighted by Crippen LogP contribution is 2.28. The van der Waals surface area contributed by atoms with Crippen molar-refractivity contribution >= 4 is 16.0 Å². The largest absolute Gasteiger partial charge is 0.481 e. The molecule has 2 aromatic carbocycles. The zero-order valence-corrected chi connectivity index (χ0v) is 14.5. The molecule has 0 spiro atoms. The van der Waals surface area contributed by atoms with Gasteiger partial charge in [-0.2, -0.15) is 0 Å². The number of halogens is 2. The molecule has 0 radical (unpaired) electrons. The molecule has 5 nitrogen and oxygen atoms in total. The van der Waals surface area contributed by atoms with E-state index in [0.717, 1.165) is 12.1 Å². The molecule has 1 fully saturated rings. The van der Waals surface area contributed by atoms with Gasteiger partial charge in [-0.15, -0.1) is 0 Å². The summed E-state index contributed by atoms with van der Waals surface area (Å²) in [7, 11) is -3.81. The fourth-order valence-electron chi connectivity index (χ4n) is 3.14. The van der Waals surface area contributed by atoms with Gasteiger partial charge in [0, 0.05) is 17.7 Å². The molecule has 2 unspecified atom stereocenters. The normalized spacial score (nSPS) is 20.2. The molecular formula is C18H17F2NO4S. The highest BCUT2D eigenvalue weighted by atomic mass is 32.2. The van der Waals surface area contributed by atoms with Crippen LogP contribution in [-0.4, -0.2) is 25.5 Å². The van der Waals surface area contributed by atoms with Crippen LogP contribution in [0.1, 0.15) is 19.3 Å². The first-order valence-electron chi connectivity index (χ1n) is 8.07. The molecule has 2 N–H and O–H groups in total. The monoisotopic (exact) mass is 381 g/mol. The zero-order chi connectivity index (χ0) is 18.9. The Morgan fingerprint density at radius 3 is 2.35 bits per heavy atom. The van der Waals surface area contributed by atoms with E-state index in [2.05, 4.69) is 4.72 Å². The molecule has 3 rings (SSSR count). The van der Waals surface area contributed by atoms with Crippen molar-refractivity contribution in [3.05, 3.63) is 54.1 Å². The fourth-order valence-corrected chi connectivity index (χ4v) is 4.42. The van der Waals surface area contributed by atoms with Gasteiger partial charge in [-0.3, -0.25) is 4.79 Å². The van der Waals surface area contributed by atoms with Crippen molar-refractivity contribution in [2.75, 3.05) is 0 Å². The molecule has 1 saturated carbocycles. The first-order chi connectivity index (χ1) is 12.3. The minimum atomic E-state index is -3.81. The molecule has 0 heterocycles. The van der Waals surface area contributed by atoms with Crippen molar-refractivity contribution in [2.24, 2.45) is 5.92 Å². The molecule has 2 aromatic rings. The number of sulfonamides is 1. The summed E-state index contributed by atoms with van der Waals surface area (Å²) in [6, 6.07) is 8.32. The predicted molar refractivity (Wildman–Crippen MR) is 90.9 cm³/mol. The number of carboxylic acids is 1. The number of nitrogens with one attached hydrogen (secondary N) is 1. The van der Waals surface area contributed by atoms with Gasteiger partial charge in [0.05, 0.1) is 10.8 Å². The van der Waals surface area contributed by atoms with Gasteiger partial charge < -0.3 is 5.11 Å². The van der Waals surface area contributed by atoms with E-state index in [1.54, 1.807) is 0 Å². The summed E-state index contributed by atoms with van der Waals surface area (Å²) in [6.07, 6.45) is 1.16. The average Bonchev–Trinajstić information content (AvgIpc) is 3.03. The van der Waals surface area contributed by atoms with Crippen LogP contribution >= 0.6 is 0 Å². The van der Waals surface area contributed by atoms with Crippen molar-refractivity contribution in [1.29, 1.82) is 0 Å². The van der Waals surface area contributed by atoms with Crippen LogP contribution in [-0.2, 0) is 14.8 Å². The minimum absolute atomic E-state index is 0.00236. The van der Waals surface area contributed by atoms with Gasteiger partial charge in [-0.1, -0.05) is 12.1 Å². The number of carbonyl (C=O) groups is 1. The summed E-state index contributed by atoms with van der Waals surface area (Å²) in [5.41, 5.74) is 0.594. The van der Waals surface area contributed by atoms with Crippen LogP contribution in [0.15, 0.2) is 47.4 Å². The molecule has 1 aliphatic rings. The van der Waals surface area contributed by atoms with E-state index >= 15 is 0 Å². The highest BCUT2D eigenvalue weighted by molar-refractivity contribution is 7.89. The predicted octanol–water partition coefficient (Wildman–Crippen LogP) is 3.16. The second-order valence-corrected chi connectivity index (χ2v) is 8.03. The summed E-state index contributed by atoms with van der Waals surface area (Å²) < 4.78 is 54.2. The first kappa shape index (κ1) is 18.5. The maximum absolute atomic E-state index is 13.8. The lowest BCUT2D eigenvalue weighted by atomic mass is 10.1. The molecule has 0 amide bonds. The third kappa shape index (κ3) is 3.91. The second-order valence-electron chi connectivity index (χ2n) is 6.31. The molecule has 8 heteroatoms. The van der Waals surface area contributed by atoms with Crippen LogP contribution in [0.4, 0.5) is 8.78 Å². The third-order valence-electron chi connectivity index (χ3n) is 4.51. The lowest BCUT2D eigenvalue weighted by Crippen LogP contribution is -2.33. The number of carboxylic acid groups (broad SMARTS) is 1. The molecule has 0 saturated heterocycles. The first-order valence-corrected chi connectivity index (χ1v) is 9.55. The maximum atomic E-state index is 13.8. The van der Waals surface area contributed by atoms with Crippen LogP contribution in [0, 0.1) is 17.6 Å². The maximum Gasteiger partial charge on any atom is 0.306 e. The van der Waals surface area contributed by atoms with Crippen molar-refractivity contribution in [1.82, 2.24) is 4.72 Å². The zero-order valence-electron chi connectivity index (χ0n) is 13.7. The Balaban J connectivity index is 1.76. The van der Waals surface area contributed by atoms with Crippen LogP contribution in [0.3, 0.4) is 0 Å². The van der Waals surface area contributed by atoms with Gasteiger partial charge in [-0.25, -0.2) is 21.9 Å². The smallest absolute Gasteiger partial charge is 0.306 e. The Morgan fingerprint density at radius 1 is 1.08 bits per heavy atom. The van der Waals surface area contributed by atoms with Crippen molar-refractivity contribution in [3.63, 3.8) is 0 Å². The lowest BCUT2D eigenvalue weighted by molar-refractivity contribution is -0.141. The Labute approximate surface area is 149 Å². The topological polar surface area (TPSA) is 83.5 Å². The minimum Gasteiger partial charge on any atom is -0.481 e. The Hall–Kier alpha value is -2.32. The molecule has 0 aliphatic heterocycles. The van der Waals surface area contributed by atoms with E-state index in [0.29, 0.717) is 18.4 Å². The van der Waals surface area contributed by atoms with Crippen LogP contribution in [0.25, 0.3) is 11.1 Å². The molecular weight excluding hydrogens is 364 g/mol. The van der Waals surface area contributed by atoms with Crippen LogP contribution in [0.2, 0.25) is 0 Å². The number of aliphatic carboxylic acids is 1. The standard InChI is InChI=1S/C18H17F2NO4S/c19-13-4-8-16(17(20)10-13)11-2-6-15(7-3-11)26(24,25)21-14-5-1-12(9-14)18(22)23/h2-4,6-8,10,12,14,21H,1,5,9H2,(H,22,23). The van der Waals surface area contributed by atoms with E-state index in [1.165, 1.54) is 30.3 Å². The average molecular weight is 381 g/mol. The van der Waals surface area contributed by atoms with E-state index in [4.69, 9.17) is 5.11 Å². The van der Waals surface area contributed by atoms with Gasteiger partial charge in [0.15, 0.2) is 0 Å². The van der Waals surface area contributed by atoms with Crippen molar-refractivity contribution < 1.29 is 27.1 Å². The number of hydrogen-bond acceptors (Lipinski definition) is 3. The van der Waals surface area contributed by atoms with E-state index in [-0.39, 0.29) is 16.9 Å². The lowest BCUT2D eigenvalue weighted by Gasteiger charge is -2.13. The molecule has 1 aliphatic carbocycles. The van der Waals surface area contributed by atoms with E-state index < -0.39 is 39.6 Å². The van der Waals surface area contributed by atoms with Crippen molar-refractivity contribution in [2.45, 2.75) is 30.2 Å². The number of benzene rings is 2. The van der Waals surface area contributed by atoms with Gasteiger partial charge in [0.2, 0.25) is 10.0 Å². The molecule has 0 aromatic heterocycles. The van der Waals surface area contributed by atoms with Crippen LogP contribution < -0.4 is 4.72 Å². The summed E-state index contributed by atoms with van der Waals surface area (Å²) in [5, 5.41) is 8.99. The second kappa shape index (κ2) is 7.13.